The lowest BCUT2D eigenvalue weighted by Crippen LogP contribution is -2.33. The Morgan fingerprint density at radius 3 is 2.68 bits per heavy atom. The lowest BCUT2D eigenvalue weighted by atomic mass is 9.93. The molecule has 0 aromatic heterocycles. The van der Waals surface area contributed by atoms with Gasteiger partial charge in [-0.05, 0) is 48.4 Å². The van der Waals surface area contributed by atoms with Gasteiger partial charge in [0, 0.05) is 28.2 Å². The summed E-state index contributed by atoms with van der Waals surface area (Å²) >= 11 is 3.56. The number of rotatable bonds is 6. The van der Waals surface area contributed by atoms with Crippen molar-refractivity contribution in [3.63, 3.8) is 0 Å². The molecule has 3 aromatic rings. The number of ether oxygens (including phenoxy) is 2. The smallest absolute Gasteiger partial charge is 0.162 e. The Bertz CT molecular complexity index is 1100. The first-order chi connectivity index (χ1) is 15.1. The number of nitrogens with zero attached hydrogens (tertiary/aromatic N) is 1. The molecule has 0 fully saturated rings. The number of methoxy groups -OCH3 is 1. The first-order valence-electron chi connectivity index (χ1n) is 10.3. The highest BCUT2D eigenvalue weighted by molar-refractivity contribution is 9.10. The van der Waals surface area contributed by atoms with Crippen molar-refractivity contribution in [2.24, 2.45) is 4.99 Å². The summed E-state index contributed by atoms with van der Waals surface area (Å²) < 4.78 is 12.0. The average molecular weight is 481 g/mol. The summed E-state index contributed by atoms with van der Waals surface area (Å²) in [5.41, 5.74) is 3.81. The SMILES string of the molecule is CCOc1cccc([C@H]2CC(c3cccc(Br)c3)=N[C@@H](c3cccc(OC)c3)N2)c1O. The minimum Gasteiger partial charge on any atom is -0.504 e. The van der Waals surface area contributed by atoms with Gasteiger partial charge in [0.15, 0.2) is 11.5 Å². The number of aromatic hydroxyl groups is 1. The van der Waals surface area contributed by atoms with Crippen molar-refractivity contribution in [1.82, 2.24) is 5.32 Å². The molecule has 3 aromatic carbocycles. The minimum atomic E-state index is -0.280. The van der Waals surface area contributed by atoms with E-state index >= 15 is 0 Å². The minimum absolute atomic E-state index is 0.136. The molecule has 0 aliphatic carbocycles. The lowest BCUT2D eigenvalue weighted by molar-refractivity contribution is 0.313. The molecule has 0 unspecified atom stereocenters. The van der Waals surface area contributed by atoms with Crippen molar-refractivity contribution in [3.05, 3.63) is 87.9 Å². The third-order valence-corrected chi connectivity index (χ3v) is 5.81. The first-order valence-corrected chi connectivity index (χ1v) is 11.1. The van der Waals surface area contributed by atoms with Gasteiger partial charge in [0.25, 0.3) is 0 Å². The number of halogens is 1. The van der Waals surface area contributed by atoms with E-state index in [0.29, 0.717) is 18.8 Å². The fraction of sp³-hybridized carbons (Fsp3) is 0.240. The molecule has 2 N–H and O–H groups in total. The van der Waals surface area contributed by atoms with E-state index in [9.17, 15) is 5.11 Å². The van der Waals surface area contributed by atoms with E-state index in [1.165, 1.54) is 0 Å². The van der Waals surface area contributed by atoms with E-state index in [2.05, 4.69) is 33.4 Å². The van der Waals surface area contributed by atoms with Gasteiger partial charge in [0.1, 0.15) is 11.9 Å². The van der Waals surface area contributed by atoms with Crippen LogP contribution in [0.5, 0.6) is 17.2 Å². The van der Waals surface area contributed by atoms with Crippen LogP contribution in [0.25, 0.3) is 0 Å². The highest BCUT2D eigenvalue weighted by Crippen LogP contribution is 2.39. The van der Waals surface area contributed by atoms with E-state index in [0.717, 1.165) is 32.6 Å². The highest BCUT2D eigenvalue weighted by atomic mass is 79.9. The molecular formula is C25H25BrN2O3. The molecule has 1 aliphatic rings. The van der Waals surface area contributed by atoms with Crippen LogP contribution in [0.15, 0.2) is 76.2 Å². The molecule has 160 valence electrons. The van der Waals surface area contributed by atoms with Crippen LogP contribution in [-0.4, -0.2) is 24.5 Å². The van der Waals surface area contributed by atoms with E-state index in [-0.39, 0.29) is 18.0 Å². The fourth-order valence-electron chi connectivity index (χ4n) is 3.82. The van der Waals surface area contributed by atoms with E-state index in [4.69, 9.17) is 14.5 Å². The van der Waals surface area contributed by atoms with Crippen LogP contribution in [0.3, 0.4) is 0 Å². The zero-order valence-corrected chi connectivity index (χ0v) is 19.1. The van der Waals surface area contributed by atoms with Crippen molar-refractivity contribution < 1.29 is 14.6 Å². The molecule has 0 amide bonds. The van der Waals surface area contributed by atoms with Gasteiger partial charge in [-0.1, -0.05) is 52.3 Å². The topological polar surface area (TPSA) is 63.1 Å². The molecular weight excluding hydrogens is 456 g/mol. The Hall–Kier alpha value is -2.83. The molecule has 31 heavy (non-hydrogen) atoms. The maximum atomic E-state index is 10.9. The van der Waals surface area contributed by atoms with Crippen molar-refractivity contribution in [2.45, 2.75) is 25.6 Å². The second kappa shape index (κ2) is 9.54. The Labute approximate surface area is 190 Å². The second-order valence-corrected chi connectivity index (χ2v) is 8.23. The largest absolute Gasteiger partial charge is 0.504 e. The number of nitrogens with one attached hydrogen (secondary N) is 1. The summed E-state index contributed by atoms with van der Waals surface area (Å²) in [5, 5.41) is 14.5. The van der Waals surface area contributed by atoms with Gasteiger partial charge in [0.05, 0.1) is 13.7 Å². The standard InChI is InChI=1S/C25H25BrN2O3/c1-3-31-23-12-6-11-20(24(23)29)22-15-21(16-7-4-9-18(26)13-16)27-25(28-22)17-8-5-10-19(14-17)30-2/h4-14,22,25,28-29H,3,15H2,1-2H3/t22-,25-/m1/s1. The number of phenolic OH excluding ortho intramolecular Hbond substituents is 1. The van der Waals surface area contributed by atoms with Crippen LogP contribution in [0.1, 0.15) is 42.2 Å². The van der Waals surface area contributed by atoms with E-state index in [1.807, 2.05) is 55.5 Å². The van der Waals surface area contributed by atoms with Crippen molar-refractivity contribution in [2.75, 3.05) is 13.7 Å². The number of phenols is 1. The monoisotopic (exact) mass is 480 g/mol. The number of para-hydroxylation sites is 1. The van der Waals surface area contributed by atoms with Gasteiger partial charge in [-0.3, -0.25) is 10.3 Å². The van der Waals surface area contributed by atoms with Gasteiger partial charge in [-0.25, -0.2) is 0 Å². The number of aliphatic imine (C=N–C) groups is 1. The van der Waals surface area contributed by atoms with Crippen LogP contribution < -0.4 is 14.8 Å². The quantitative estimate of drug-likeness (QED) is 0.468. The molecule has 0 spiro atoms. The fourth-order valence-corrected chi connectivity index (χ4v) is 4.22. The third-order valence-electron chi connectivity index (χ3n) is 5.31. The zero-order chi connectivity index (χ0) is 21.8. The highest BCUT2D eigenvalue weighted by Gasteiger charge is 2.28. The van der Waals surface area contributed by atoms with Gasteiger partial charge >= 0.3 is 0 Å². The zero-order valence-electron chi connectivity index (χ0n) is 17.5. The van der Waals surface area contributed by atoms with Crippen LogP contribution in [0.2, 0.25) is 0 Å². The van der Waals surface area contributed by atoms with Gasteiger partial charge in [0.2, 0.25) is 0 Å². The van der Waals surface area contributed by atoms with Crippen molar-refractivity contribution in [1.29, 1.82) is 0 Å². The summed E-state index contributed by atoms with van der Waals surface area (Å²) in [4.78, 5) is 5.02. The van der Waals surface area contributed by atoms with E-state index < -0.39 is 0 Å². The predicted octanol–water partition coefficient (Wildman–Crippen LogP) is 5.78. The summed E-state index contributed by atoms with van der Waals surface area (Å²) in [5.74, 6) is 1.44. The summed E-state index contributed by atoms with van der Waals surface area (Å²) in [6.45, 7) is 2.40. The molecule has 0 saturated carbocycles. The Morgan fingerprint density at radius 2 is 1.90 bits per heavy atom. The number of benzene rings is 3. The summed E-state index contributed by atoms with van der Waals surface area (Å²) in [6.07, 6.45) is 0.359. The average Bonchev–Trinajstić information content (AvgIpc) is 2.80. The Balaban J connectivity index is 1.77. The molecule has 4 rings (SSSR count). The predicted molar refractivity (Wildman–Crippen MR) is 126 cm³/mol. The third kappa shape index (κ3) is 4.75. The van der Waals surface area contributed by atoms with Crippen LogP contribution >= 0.6 is 15.9 Å². The van der Waals surface area contributed by atoms with Crippen LogP contribution in [0, 0.1) is 0 Å². The second-order valence-electron chi connectivity index (χ2n) is 7.32. The molecule has 0 bridgehead atoms. The molecule has 1 heterocycles. The molecule has 6 heteroatoms. The van der Waals surface area contributed by atoms with Gasteiger partial charge in [-0.2, -0.15) is 0 Å². The molecule has 0 radical (unpaired) electrons. The normalized spacial score (nSPS) is 18.4. The molecule has 2 atom stereocenters. The maximum Gasteiger partial charge on any atom is 0.162 e. The number of hydrogen-bond donors (Lipinski definition) is 2. The Morgan fingerprint density at radius 1 is 1.10 bits per heavy atom. The summed E-state index contributed by atoms with van der Waals surface area (Å²) in [6, 6.07) is 21.5. The van der Waals surface area contributed by atoms with Crippen LogP contribution in [0.4, 0.5) is 0 Å². The van der Waals surface area contributed by atoms with Gasteiger partial charge in [-0.15, -0.1) is 0 Å². The number of hydrogen-bond acceptors (Lipinski definition) is 5. The van der Waals surface area contributed by atoms with Crippen molar-refractivity contribution in [3.8, 4) is 17.2 Å². The Kier molecular flexibility index (Phi) is 6.59. The molecule has 1 aliphatic heterocycles. The van der Waals surface area contributed by atoms with Gasteiger partial charge < -0.3 is 14.6 Å². The lowest BCUT2D eigenvalue weighted by Gasteiger charge is -2.31. The first kappa shape index (κ1) is 21.4. The molecule has 5 nitrogen and oxygen atoms in total. The molecule has 0 saturated heterocycles. The summed E-state index contributed by atoms with van der Waals surface area (Å²) in [7, 11) is 1.66. The van der Waals surface area contributed by atoms with Crippen molar-refractivity contribution >= 4 is 21.6 Å². The van der Waals surface area contributed by atoms with Crippen LogP contribution in [-0.2, 0) is 0 Å². The maximum absolute atomic E-state index is 10.9. The van der Waals surface area contributed by atoms with E-state index in [1.54, 1.807) is 13.2 Å².